The second-order valence-corrected chi connectivity index (χ2v) is 4.12. The van der Waals surface area contributed by atoms with E-state index in [2.05, 4.69) is 0 Å². The Morgan fingerprint density at radius 1 is 0.667 bits per heavy atom. The maximum absolute atomic E-state index is 9.00. The van der Waals surface area contributed by atoms with Crippen molar-refractivity contribution in [2.75, 3.05) is 0 Å². The Labute approximate surface area is 101 Å². The fraction of sp³-hybridized carbons (Fsp3) is 0.500. The second kappa shape index (κ2) is 12.6. The lowest BCUT2D eigenvalue weighted by molar-refractivity contribution is -0.135. The summed E-state index contributed by atoms with van der Waals surface area (Å²) in [4.78, 5) is 61.1. The molecule has 8 N–H and O–H groups in total. The van der Waals surface area contributed by atoms with E-state index in [1.165, 1.54) is 0 Å². The van der Waals surface area contributed by atoms with Gasteiger partial charge in [-0.15, -0.1) is 0 Å². The van der Waals surface area contributed by atoms with Crippen LogP contribution in [0.25, 0.3) is 0 Å². The number of aliphatic carboxylic acids is 2. The first-order valence-corrected chi connectivity index (χ1v) is 6.55. The Hall–Kier alpha value is -0.840. The molecule has 0 unspecified atom stereocenters. The number of carbonyl (C=O) groups is 2. The smallest absolute Gasteiger partial charge is 0.466 e. The van der Waals surface area contributed by atoms with Gasteiger partial charge in [0.05, 0.1) is 0 Å². The number of rotatable bonds is 0. The van der Waals surface area contributed by atoms with Crippen molar-refractivity contribution in [3.05, 3.63) is 0 Å². The average molecular weight is 316 g/mol. The van der Waals surface area contributed by atoms with Crippen LogP contribution in [-0.4, -0.2) is 51.5 Å². The van der Waals surface area contributed by atoms with Crippen LogP contribution in [0.15, 0.2) is 0 Å². The van der Waals surface area contributed by atoms with E-state index in [-0.39, 0.29) is 0 Å². The minimum Gasteiger partial charge on any atom is -0.481 e. The summed E-state index contributed by atoms with van der Waals surface area (Å²) < 4.78 is 17.8. The fourth-order valence-electron chi connectivity index (χ4n) is 0. The molecule has 112 valence electrons. The molecule has 0 aromatic heterocycles. The highest BCUT2D eigenvalue weighted by Gasteiger charge is 2.00. The van der Waals surface area contributed by atoms with Gasteiger partial charge in [0.1, 0.15) is 0 Å². The van der Waals surface area contributed by atoms with E-state index in [0.717, 1.165) is 13.8 Å². The molecule has 0 saturated carbocycles. The molecular weight excluding hydrogens is 302 g/mol. The van der Waals surface area contributed by atoms with Gasteiger partial charge in [0.25, 0.3) is 11.9 Å². The van der Waals surface area contributed by atoms with Gasteiger partial charge in [0, 0.05) is 13.8 Å². The Balaban J connectivity index is -0.0000000731. The van der Waals surface area contributed by atoms with Crippen molar-refractivity contribution in [1.29, 1.82) is 0 Å². The van der Waals surface area contributed by atoms with Gasteiger partial charge in [0.15, 0.2) is 0 Å². The van der Waals surface area contributed by atoms with Gasteiger partial charge in [-0.25, -0.2) is 9.13 Å². The molecule has 12 nitrogen and oxygen atoms in total. The molecule has 14 heteroatoms. The third-order valence-corrected chi connectivity index (χ3v) is 0. The second-order valence-electron chi connectivity index (χ2n) is 2.06. The van der Waals surface area contributed by atoms with Crippen molar-refractivity contribution < 1.29 is 58.3 Å². The predicted molar refractivity (Wildman–Crippen MR) is 55.1 cm³/mol. The van der Waals surface area contributed by atoms with Crippen molar-refractivity contribution in [3.8, 4) is 0 Å². The van der Waals surface area contributed by atoms with E-state index in [0.29, 0.717) is 0 Å². The van der Waals surface area contributed by atoms with Crippen LogP contribution in [0, 0.1) is 0 Å². The van der Waals surface area contributed by atoms with Gasteiger partial charge in [-0.2, -0.15) is 0 Å². The van der Waals surface area contributed by atoms with Crippen LogP contribution in [0.2, 0.25) is 0 Å². The lowest BCUT2D eigenvalue weighted by Crippen LogP contribution is -1.78. The summed E-state index contributed by atoms with van der Waals surface area (Å²) in [6, 6.07) is 0. The van der Waals surface area contributed by atoms with Crippen LogP contribution in [-0.2, 0) is 18.7 Å². The molecular formula is C4H14O12P2. The number of hydrogen-bond acceptors (Lipinski definition) is 4. The molecule has 0 rings (SSSR count). The lowest BCUT2D eigenvalue weighted by Gasteiger charge is -1.82. The van der Waals surface area contributed by atoms with Crippen LogP contribution in [0.1, 0.15) is 13.8 Å². The normalized spacial score (nSPS) is 9.33. The van der Waals surface area contributed by atoms with Crippen molar-refractivity contribution >= 4 is 27.6 Å². The molecule has 0 aliphatic rings. The minimum atomic E-state index is -4.64. The third-order valence-electron chi connectivity index (χ3n) is 0. The highest BCUT2D eigenvalue weighted by molar-refractivity contribution is 7.45. The quantitative estimate of drug-likeness (QED) is 0.234. The molecule has 0 saturated heterocycles. The summed E-state index contributed by atoms with van der Waals surface area (Å²) >= 11 is 0. The summed E-state index contributed by atoms with van der Waals surface area (Å²) in [5, 5.41) is 14.8. The highest BCUT2D eigenvalue weighted by Crippen LogP contribution is 2.26. The van der Waals surface area contributed by atoms with E-state index >= 15 is 0 Å². The molecule has 0 aliphatic heterocycles. The molecule has 0 aromatic rings. The molecule has 0 fully saturated rings. The Bertz CT molecular complexity index is 254. The summed E-state index contributed by atoms with van der Waals surface area (Å²) in [6.45, 7) is 2.17. The Kier molecular flexibility index (Phi) is 18.1. The molecule has 0 heterocycles. The summed E-state index contributed by atoms with van der Waals surface area (Å²) in [7, 11) is -9.28. The van der Waals surface area contributed by atoms with E-state index in [1.54, 1.807) is 0 Å². The minimum absolute atomic E-state index is 0.833. The number of phosphoric acid groups is 2. The first kappa shape index (κ1) is 25.9. The van der Waals surface area contributed by atoms with E-state index in [1.807, 2.05) is 0 Å². The average Bonchev–Trinajstić information content (AvgIpc) is 1.70. The first-order chi connectivity index (χ1) is 7.46. The summed E-state index contributed by atoms with van der Waals surface area (Å²) in [5.74, 6) is -1.67. The van der Waals surface area contributed by atoms with Gasteiger partial charge in [-0.1, -0.05) is 0 Å². The van der Waals surface area contributed by atoms with Crippen LogP contribution in [0.5, 0.6) is 0 Å². The van der Waals surface area contributed by atoms with E-state index in [4.69, 9.17) is 58.3 Å². The lowest BCUT2D eigenvalue weighted by atomic mass is 10.9. The molecule has 0 radical (unpaired) electrons. The number of carboxylic acid groups (broad SMARTS) is 2. The SMILES string of the molecule is CC(=O)O.CC(=O)O.O=P(O)(O)O.O=P(O)(O)O. The topological polar surface area (TPSA) is 230 Å². The standard InChI is InChI=1S/2C2H4O2.2H3O4P/c2*1-2(3)4;2*1-5(2,3)4/h2*1H3,(H,3,4);2*(H3,1,2,3,4). The van der Waals surface area contributed by atoms with Crippen molar-refractivity contribution in [2.45, 2.75) is 13.8 Å². The maximum atomic E-state index is 9.00. The van der Waals surface area contributed by atoms with Crippen LogP contribution < -0.4 is 0 Å². The molecule has 0 spiro atoms. The van der Waals surface area contributed by atoms with E-state index in [9.17, 15) is 0 Å². The molecule has 0 atom stereocenters. The fourth-order valence-corrected chi connectivity index (χ4v) is 0. The predicted octanol–water partition coefficient (Wildman–Crippen LogP) is -1.68. The molecule has 0 bridgehead atoms. The van der Waals surface area contributed by atoms with Crippen molar-refractivity contribution in [3.63, 3.8) is 0 Å². The molecule has 0 aromatic carbocycles. The Morgan fingerprint density at radius 3 is 0.667 bits per heavy atom. The molecule has 0 aliphatic carbocycles. The monoisotopic (exact) mass is 316 g/mol. The van der Waals surface area contributed by atoms with Gasteiger partial charge in [0.2, 0.25) is 0 Å². The zero-order valence-corrected chi connectivity index (χ0v) is 10.9. The van der Waals surface area contributed by atoms with Crippen molar-refractivity contribution in [1.82, 2.24) is 0 Å². The van der Waals surface area contributed by atoms with Gasteiger partial charge < -0.3 is 39.6 Å². The van der Waals surface area contributed by atoms with E-state index < -0.39 is 27.6 Å². The first-order valence-electron chi connectivity index (χ1n) is 3.42. The van der Waals surface area contributed by atoms with Crippen LogP contribution in [0.4, 0.5) is 0 Å². The zero-order chi connectivity index (χ0) is 16.2. The summed E-state index contributed by atoms with van der Waals surface area (Å²) in [5.41, 5.74) is 0. The number of carboxylic acids is 2. The maximum Gasteiger partial charge on any atom is 0.466 e. The number of hydrogen-bond donors (Lipinski definition) is 8. The Morgan fingerprint density at radius 2 is 0.667 bits per heavy atom. The largest absolute Gasteiger partial charge is 0.481 e. The molecule has 0 amide bonds. The molecule has 18 heavy (non-hydrogen) atoms. The van der Waals surface area contributed by atoms with Gasteiger partial charge >= 0.3 is 15.6 Å². The van der Waals surface area contributed by atoms with Crippen molar-refractivity contribution in [2.24, 2.45) is 0 Å². The third kappa shape index (κ3) is 4310. The van der Waals surface area contributed by atoms with Gasteiger partial charge in [-0.05, 0) is 0 Å². The van der Waals surface area contributed by atoms with Crippen LogP contribution >= 0.6 is 15.6 Å². The van der Waals surface area contributed by atoms with Gasteiger partial charge in [-0.3, -0.25) is 9.59 Å². The highest BCUT2D eigenvalue weighted by atomic mass is 31.2. The summed E-state index contributed by atoms with van der Waals surface area (Å²) in [6.07, 6.45) is 0. The van der Waals surface area contributed by atoms with Crippen LogP contribution in [0.3, 0.4) is 0 Å². The zero-order valence-electron chi connectivity index (χ0n) is 9.11.